The van der Waals surface area contributed by atoms with Crippen LogP contribution in [0, 0.1) is 5.41 Å². The number of anilines is 1. The van der Waals surface area contributed by atoms with Crippen LogP contribution in [0.25, 0.3) is 0 Å². The van der Waals surface area contributed by atoms with Crippen LogP contribution in [0.5, 0.6) is 0 Å². The summed E-state index contributed by atoms with van der Waals surface area (Å²) in [6, 6.07) is -0.769. The van der Waals surface area contributed by atoms with E-state index in [9.17, 15) is 14.7 Å². The highest BCUT2D eigenvalue weighted by Crippen LogP contribution is 2.38. The summed E-state index contributed by atoms with van der Waals surface area (Å²) >= 11 is 4.55. The molecule has 1 aliphatic carbocycles. The molecule has 0 saturated heterocycles. The molecule has 1 heterocycles. The van der Waals surface area contributed by atoms with E-state index in [0.717, 1.165) is 10.2 Å². The molecule has 6 nitrogen and oxygen atoms in total. The zero-order chi connectivity index (χ0) is 14.0. The second-order valence-electron chi connectivity index (χ2n) is 4.74. The molecule has 19 heavy (non-hydrogen) atoms. The molecule has 1 aromatic rings. The molecule has 1 aromatic heterocycles. The third kappa shape index (κ3) is 3.06. The number of hydrogen-bond donors (Lipinski definition) is 3. The summed E-state index contributed by atoms with van der Waals surface area (Å²) in [5, 5.41) is 15.1. The van der Waals surface area contributed by atoms with Crippen LogP contribution < -0.4 is 10.6 Å². The van der Waals surface area contributed by atoms with Crippen LogP contribution >= 0.6 is 27.3 Å². The number of aliphatic carboxylic acids is 1. The summed E-state index contributed by atoms with van der Waals surface area (Å²) in [6.45, 7) is 1.67. The summed E-state index contributed by atoms with van der Waals surface area (Å²) in [4.78, 5) is 27.1. The SMILES string of the molecule is CC1(C(=O)O)CCCC1NC(=O)Nc1ncc(Br)s1. The number of urea groups is 1. The Morgan fingerprint density at radius 2 is 2.37 bits per heavy atom. The molecule has 0 aliphatic heterocycles. The fourth-order valence-electron chi connectivity index (χ4n) is 2.26. The number of carboxylic acid groups (broad SMARTS) is 1. The quantitative estimate of drug-likeness (QED) is 0.783. The van der Waals surface area contributed by atoms with Crippen LogP contribution in [-0.2, 0) is 4.79 Å². The molecule has 1 saturated carbocycles. The largest absolute Gasteiger partial charge is 0.481 e. The lowest BCUT2D eigenvalue weighted by atomic mass is 9.85. The lowest BCUT2D eigenvalue weighted by Crippen LogP contribution is -2.48. The Kier molecular flexibility index (Phi) is 4.10. The second kappa shape index (κ2) is 5.46. The highest BCUT2D eigenvalue weighted by Gasteiger charge is 2.45. The molecule has 0 radical (unpaired) electrons. The van der Waals surface area contributed by atoms with E-state index in [1.165, 1.54) is 11.3 Å². The molecule has 1 fully saturated rings. The van der Waals surface area contributed by atoms with E-state index in [1.807, 2.05) is 0 Å². The first-order chi connectivity index (χ1) is 8.91. The fraction of sp³-hybridized carbons (Fsp3) is 0.545. The van der Waals surface area contributed by atoms with Crippen LogP contribution in [0.1, 0.15) is 26.2 Å². The van der Waals surface area contributed by atoms with Crippen molar-refractivity contribution in [3.05, 3.63) is 9.98 Å². The fourth-order valence-corrected chi connectivity index (χ4v) is 3.36. The minimum Gasteiger partial charge on any atom is -0.481 e. The molecule has 0 aromatic carbocycles. The highest BCUT2D eigenvalue weighted by atomic mass is 79.9. The molecular weight excluding hydrogens is 334 g/mol. The minimum atomic E-state index is -0.888. The molecular formula is C11H14BrN3O3S. The van der Waals surface area contributed by atoms with Gasteiger partial charge < -0.3 is 10.4 Å². The van der Waals surface area contributed by atoms with Gasteiger partial charge in [-0.3, -0.25) is 10.1 Å². The number of rotatable bonds is 3. The van der Waals surface area contributed by atoms with Crippen LogP contribution in [0.2, 0.25) is 0 Å². The summed E-state index contributed by atoms with van der Waals surface area (Å²) < 4.78 is 0.819. The van der Waals surface area contributed by atoms with Gasteiger partial charge in [-0.2, -0.15) is 0 Å². The van der Waals surface area contributed by atoms with Crippen molar-refractivity contribution in [3.8, 4) is 0 Å². The number of carboxylic acids is 1. The van der Waals surface area contributed by atoms with Crippen molar-refractivity contribution in [2.45, 2.75) is 32.2 Å². The normalized spacial score (nSPS) is 26.1. The number of nitrogens with one attached hydrogen (secondary N) is 2. The molecule has 0 bridgehead atoms. The molecule has 3 N–H and O–H groups in total. The van der Waals surface area contributed by atoms with Crippen molar-refractivity contribution in [2.24, 2.45) is 5.41 Å². The van der Waals surface area contributed by atoms with Gasteiger partial charge in [-0.05, 0) is 35.7 Å². The Morgan fingerprint density at radius 1 is 1.63 bits per heavy atom. The van der Waals surface area contributed by atoms with Gasteiger partial charge >= 0.3 is 12.0 Å². The lowest BCUT2D eigenvalue weighted by molar-refractivity contribution is -0.148. The van der Waals surface area contributed by atoms with E-state index in [0.29, 0.717) is 18.0 Å². The number of thiazole rings is 1. The van der Waals surface area contributed by atoms with Crippen molar-refractivity contribution < 1.29 is 14.7 Å². The van der Waals surface area contributed by atoms with Crippen molar-refractivity contribution in [1.82, 2.24) is 10.3 Å². The smallest absolute Gasteiger partial charge is 0.321 e. The van der Waals surface area contributed by atoms with E-state index in [2.05, 4.69) is 31.5 Å². The Morgan fingerprint density at radius 3 is 2.95 bits per heavy atom. The first-order valence-electron chi connectivity index (χ1n) is 5.84. The number of hydrogen-bond acceptors (Lipinski definition) is 4. The summed E-state index contributed by atoms with van der Waals surface area (Å²) in [6.07, 6.45) is 3.65. The van der Waals surface area contributed by atoms with Gasteiger partial charge in [0.1, 0.15) is 0 Å². The molecule has 2 atom stereocenters. The van der Waals surface area contributed by atoms with E-state index < -0.39 is 17.4 Å². The number of aromatic nitrogens is 1. The zero-order valence-electron chi connectivity index (χ0n) is 10.3. The van der Waals surface area contributed by atoms with E-state index in [4.69, 9.17) is 0 Å². The molecule has 1 aliphatic rings. The van der Waals surface area contributed by atoms with Gasteiger partial charge in [0.2, 0.25) is 0 Å². The van der Waals surface area contributed by atoms with E-state index in [1.54, 1.807) is 13.1 Å². The first kappa shape index (κ1) is 14.3. The van der Waals surface area contributed by atoms with E-state index >= 15 is 0 Å². The molecule has 104 valence electrons. The number of nitrogens with zero attached hydrogens (tertiary/aromatic N) is 1. The van der Waals surface area contributed by atoms with Gasteiger partial charge in [0.15, 0.2) is 5.13 Å². The number of halogens is 1. The number of carbonyl (C=O) groups excluding carboxylic acids is 1. The van der Waals surface area contributed by atoms with Crippen LogP contribution in [0.15, 0.2) is 9.98 Å². The maximum Gasteiger partial charge on any atom is 0.321 e. The van der Waals surface area contributed by atoms with Crippen molar-refractivity contribution in [3.63, 3.8) is 0 Å². The average molecular weight is 348 g/mol. The van der Waals surface area contributed by atoms with Crippen LogP contribution in [0.3, 0.4) is 0 Å². The van der Waals surface area contributed by atoms with Crippen molar-refractivity contribution >= 4 is 44.4 Å². The predicted octanol–water partition coefficient (Wildman–Crippen LogP) is 2.67. The topological polar surface area (TPSA) is 91.3 Å². The third-order valence-corrected chi connectivity index (χ3v) is 4.84. The molecule has 8 heteroatoms. The van der Waals surface area contributed by atoms with Gasteiger partial charge in [0.05, 0.1) is 15.4 Å². The Labute approximate surface area is 122 Å². The van der Waals surface area contributed by atoms with Gasteiger partial charge in [-0.25, -0.2) is 9.78 Å². The van der Waals surface area contributed by atoms with Gasteiger partial charge in [-0.1, -0.05) is 17.8 Å². The maximum atomic E-state index is 11.8. The van der Waals surface area contributed by atoms with Gasteiger partial charge in [0.25, 0.3) is 0 Å². The average Bonchev–Trinajstić information content (AvgIpc) is 2.87. The molecule has 2 amide bonds. The van der Waals surface area contributed by atoms with Crippen molar-refractivity contribution in [2.75, 3.05) is 5.32 Å². The third-order valence-electron chi connectivity index (χ3n) is 3.45. The van der Waals surface area contributed by atoms with Crippen LogP contribution in [0.4, 0.5) is 9.93 Å². The minimum absolute atomic E-state index is 0.353. The second-order valence-corrected chi connectivity index (χ2v) is 7.15. The number of carbonyl (C=O) groups is 2. The van der Waals surface area contributed by atoms with Crippen molar-refractivity contribution in [1.29, 1.82) is 0 Å². The predicted molar refractivity (Wildman–Crippen MR) is 75.4 cm³/mol. The summed E-state index contributed by atoms with van der Waals surface area (Å²) in [5.74, 6) is -0.868. The highest BCUT2D eigenvalue weighted by molar-refractivity contribution is 9.11. The lowest BCUT2D eigenvalue weighted by Gasteiger charge is -2.27. The standard InChI is InChI=1S/C11H14BrN3O3S/c1-11(8(16)17)4-2-3-6(11)14-9(18)15-10-13-5-7(12)19-10/h5-6H,2-4H2,1H3,(H,16,17)(H2,13,14,15,18). The summed E-state index contributed by atoms with van der Waals surface area (Å²) in [5.41, 5.74) is -0.888. The van der Waals surface area contributed by atoms with Crippen LogP contribution in [-0.4, -0.2) is 28.1 Å². The molecule has 2 unspecified atom stereocenters. The zero-order valence-corrected chi connectivity index (χ0v) is 12.7. The summed E-state index contributed by atoms with van der Waals surface area (Å²) in [7, 11) is 0. The number of amides is 2. The molecule has 2 rings (SSSR count). The monoisotopic (exact) mass is 347 g/mol. The van der Waals surface area contributed by atoms with E-state index in [-0.39, 0.29) is 6.04 Å². The Hall–Kier alpha value is -1.15. The van der Waals surface area contributed by atoms with Gasteiger partial charge in [-0.15, -0.1) is 0 Å². The van der Waals surface area contributed by atoms with Gasteiger partial charge in [0, 0.05) is 6.04 Å². The maximum absolute atomic E-state index is 11.8. The Bertz CT molecular complexity index is 507. The molecule has 0 spiro atoms. The first-order valence-corrected chi connectivity index (χ1v) is 7.45. The Balaban J connectivity index is 1.97.